The van der Waals surface area contributed by atoms with Crippen molar-refractivity contribution in [1.82, 2.24) is 0 Å². The number of nitriles is 1. The van der Waals surface area contributed by atoms with E-state index in [0.29, 0.717) is 5.56 Å². The topological polar surface area (TPSA) is 27.0 Å². The molecule has 0 fully saturated rings. The first kappa shape index (κ1) is 11.1. The second-order valence-corrected chi connectivity index (χ2v) is 4.05. The highest BCUT2D eigenvalue weighted by atomic mass is 79.9. The summed E-state index contributed by atoms with van der Waals surface area (Å²) in [4.78, 5) is 2.17. The Morgan fingerprint density at radius 1 is 1.50 bits per heavy atom. The normalized spacial score (nSPS) is 9.57. The van der Waals surface area contributed by atoms with E-state index in [1.807, 2.05) is 18.2 Å². The SMILES string of the molecule is CCCN(C)c1ccc(C#N)c(Br)c1. The first-order chi connectivity index (χ1) is 6.69. The molecule has 14 heavy (non-hydrogen) atoms. The molecule has 74 valence electrons. The van der Waals surface area contributed by atoms with Gasteiger partial charge in [-0.2, -0.15) is 5.26 Å². The summed E-state index contributed by atoms with van der Waals surface area (Å²) in [5.41, 5.74) is 1.82. The third kappa shape index (κ3) is 2.49. The molecule has 0 unspecified atom stereocenters. The summed E-state index contributed by atoms with van der Waals surface area (Å²) in [5.74, 6) is 0. The lowest BCUT2D eigenvalue weighted by molar-refractivity contribution is 0.852. The minimum Gasteiger partial charge on any atom is -0.375 e. The van der Waals surface area contributed by atoms with E-state index in [0.717, 1.165) is 23.1 Å². The van der Waals surface area contributed by atoms with Crippen molar-refractivity contribution >= 4 is 21.6 Å². The summed E-state index contributed by atoms with van der Waals surface area (Å²) in [6.45, 7) is 3.17. The van der Waals surface area contributed by atoms with Crippen LogP contribution in [0.3, 0.4) is 0 Å². The van der Waals surface area contributed by atoms with Gasteiger partial charge in [0.1, 0.15) is 6.07 Å². The van der Waals surface area contributed by atoms with Gasteiger partial charge in [-0.3, -0.25) is 0 Å². The monoisotopic (exact) mass is 252 g/mol. The van der Waals surface area contributed by atoms with Crippen LogP contribution in [0.5, 0.6) is 0 Å². The Bertz CT molecular complexity index is 355. The molecule has 1 aromatic carbocycles. The highest BCUT2D eigenvalue weighted by Crippen LogP contribution is 2.22. The summed E-state index contributed by atoms with van der Waals surface area (Å²) >= 11 is 3.38. The molecule has 0 heterocycles. The van der Waals surface area contributed by atoms with Gasteiger partial charge in [0.25, 0.3) is 0 Å². The van der Waals surface area contributed by atoms with Gasteiger partial charge >= 0.3 is 0 Å². The smallest absolute Gasteiger partial charge is 0.100 e. The van der Waals surface area contributed by atoms with Gasteiger partial charge in [0.2, 0.25) is 0 Å². The lowest BCUT2D eigenvalue weighted by Gasteiger charge is -2.18. The predicted octanol–water partition coefficient (Wildman–Crippen LogP) is 3.17. The fraction of sp³-hybridized carbons (Fsp3) is 0.364. The van der Waals surface area contributed by atoms with Crippen molar-refractivity contribution < 1.29 is 0 Å². The molecule has 0 aromatic heterocycles. The molecule has 0 aliphatic rings. The number of hydrogen-bond acceptors (Lipinski definition) is 2. The molecule has 0 bridgehead atoms. The Morgan fingerprint density at radius 3 is 2.71 bits per heavy atom. The van der Waals surface area contributed by atoms with E-state index < -0.39 is 0 Å². The first-order valence-electron chi connectivity index (χ1n) is 4.59. The van der Waals surface area contributed by atoms with Gasteiger partial charge in [-0.05, 0) is 40.5 Å². The number of anilines is 1. The fourth-order valence-electron chi connectivity index (χ4n) is 1.30. The van der Waals surface area contributed by atoms with Crippen LogP contribution < -0.4 is 4.90 Å². The lowest BCUT2D eigenvalue weighted by atomic mass is 10.2. The van der Waals surface area contributed by atoms with Crippen LogP contribution >= 0.6 is 15.9 Å². The van der Waals surface area contributed by atoms with Gasteiger partial charge in [-0.15, -0.1) is 0 Å². The van der Waals surface area contributed by atoms with Crippen molar-refractivity contribution in [2.24, 2.45) is 0 Å². The minimum atomic E-state index is 0.679. The summed E-state index contributed by atoms with van der Waals surface area (Å²) < 4.78 is 0.862. The molecule has 0 saturated carbocycles. The largest absolute Gasteiger partial charge is 0.375 e. The van der Waals surface area contributed by atoms with Gasteiger partial charge < -0.3 is 4.90 Å². The van der Waals surface area contributed by atoms with Crippen molar-refractivity contribution in [2.45, 2.75) is 13.3 Å². The standard InChI is InChI=1S/C11H13BrN2/c1-3-6-14(2)10-5-4-9(8-13)11(12)7-10/h4-5,7H,3,6H2,1-2H3. The van der Waals surface area contributed by atoms with E-state index in [1.165, 1.54) is 0 Å². The number of rotatable bonds is 3. The number of hydrogen-bond donors (Lipinski definition) is 0. The molecule has 0 aliphatic heterocycles. The van der Waals surface area contributed by atoms with Crippen molar-refractivity contribution in [2.75, 3.05) is 18.5 Å². The maximum Gasteiger partial charge on any atom is 0.100 e. The lowest BCUT2D eigenvalue weighted by Crippen LogP contribution is -2.17. The van der Waals surface area contributed by atoms with Crippen LogP contribution in [0.25, 0.3) is 0 Å². The van der Waals surface area contributed by atoms with Crippen LogP contribution in [0.2, 0.25) is 0 Å². The molecule has 3 heteroatoms. The molecule has 0 spiro atoms. The Balaban J connectivity index is 2.92. The maximum atomic E-state index is 8.76. The Labute approximate surface area is 93.3 Å². The van der Waals surface area contributed by atoms with E-state index in [2.05, 4.69) is 40.9 Å². The number of benzene rings is 1. The summed E-state index contributed by atoms with van der Waals surface area (Å²) in [6, 6.07) is 7.92. The van der Waals surface area contributed by atoms with Crippen molar-refractivity contribution in [3.8, 4) is 6.07 Å². The summed E-state index contributed by atoms with van der Waals surface area (Å²) in [5, 5.41) is 8.76. The Hall–Kier alpha value is -1.01. The summed E-state index contributed by atoms with van der Waals surface area (Å²) in [7, 11) is 2.05. The third-order valence-electron chi connectivity index (χ3n) is 2.07. The second-order valence-electron chi connectivity index (χ2n) is 3.20. The van der Waals surface area contributed by atoms with Crippen LogP contribution in [0.1, 0.15) is 18.9 Å². The average molecular weight is 253 g/mol. The molecule has 0 atom stereocenters. The summed E-state index contributed by atoms with van der Waals surface area (Å²) in [6.07, 6.45) is 1.12. The zero-order chi connectivity index (χ0) is 10.6. The van der Waals surface area contributed by atoms with Crippen LogP contribution in [-0.2, 0) is 0 Å². The molecule has 0 saturated heterocycles. The van der Waals surface area contributed by atoms with Gasteiger partial charge in [-0.1, -0.05) is 6.92 Å². The molecule has 1 aromatic rings. The van der Waals surface area contributed by atoms with Crippen LogP contribution in [0, 0.1) is 11.3 Å². The Morgan fingerprint density at radius 2 is 2.21 bits per heavy atom. The Kier molecular flexibility index (Phi) is 3.97. The fourth-order valence-corrected chi connectivity index (χ4v) is 1.75. The van der Waals surface area contributed by atoms with Crippen LogP contribution in [-0.4, -0.2) is 13.6 Å². The van der Waals surface area contributed by atoms with Crippen molar-refractivity contribution in [3.63, 3.8) is 0 Å². The molecular formula is C11H13BrN2. The van der Waals surface area contributed by atoms with Gasteiger partial charge in [-0.25, -0.2) is 0 Å². The molecular weight excluding hydrogens is 240 g/mol. The van der Waals surface area contributed by atoms with Gasteiger partial charge in [0.05, 0.1) is 5.56 Å². The molecule has 0 radical (unpaired) electrons. The molecule has 0 N–H and O–H groups in total. The van der Waals surface area contributed by atoms with Crippen molar-refractivity contribution in [3.05, 3.63) is 28.2 Å². The van der Waals surface area contributed by atoms with Crippen LogP contribution in [0.4, 0.5) is 5.69 Å². The van der Waals surface area contributed by atoms with E-state index in [4.69, 9.17) is 5.26 Å². The highest BCUT2D eigenvalue weighted by Gasteiger charge is 2.03. The molecule has 0 amide bonds. The zero-order valence-electron chi connectivity index (χ0n) is 8.42. The van der Waals surface area contributed by atoms with Crippen LogP contribution in [0.15, 0.2) is 22.7 Å². The van der Waals surface area contributed by atoms with Crippen molar-refractivity contribution in [1.29, 1.82) is 5.26 Å². The molecule has 2 nitrogen and oxygen atoms in total. The average Bonchev–Trinajstić information content (AvgIpc) is 2.18. The first-order valence-corrected chi connectivity index (χ1v) is 5.39. The molecule has 1 rings (SSSR count). The van der Waals surface area contributed by atoms with E-state index >= 15 is 0 Å². The predicted molar refractivity (Wildman–Crippen MR) is 62.4 cm³/mol. The van der Waals surface area contributed by atoms with E-state index in [-0.39, 0.29) is 0 Å². The van der Waals surface area contributed by atoms with E-state index in [9.17, 15) is 0 Å². The second kappa shape index (κ2) is 5.02. The maximum absolute atomic E-state index is 8.76. The zero-order valence-corrected chi connectivity index (χ0v) is 10.0. The highest BCUT2D eigenvalue weighted by molar-refractivity contribution is 9.10. The number of halogens is 1. The number of nitrogens with zero attached hydrogens (tertiary/aromatic N) is 2. The molecule has 0 aliphatic carbocycles. The van der Waals surface area contributed by atoms with E-state index in [1.54, 1.807) is 0 Å². The quantitative estimate of drug-likeness (QED) is 0.827. The van der Waals surface area contributed by atoms with Gasteiger partial charge in [0.15, 0.2) is 0 Å². The van der Waals surface area contributed by atoms with Gasteiger partial charge in [0, 0.05) is 23.8 Å². The minimum absolute atomic E-state index is 0.679. The third-order valence-corrected chi connectivity index (χ3v) is 2.73.